The van der Waals surface area contributed by atoms with Crippen molar-refractivity contribution in [3.63, 3.8) is 0 Å². The highest BCUT2D eigenvalue weighted by Crippen LogP contribution is 2.25. The van der Waals surface area contributed by atoms with E-state index in [0.717, 1.165) is 6.42 Å². The second kappa shape index (κ2) is 4.53. The van der Waals surface area contributed by atoms with E-state index in [2.05, 4.69) is 32.7 Å². The van der Waals surface area contributed by atoms with Gasteiger partial charge in [-0.15, -0.1) is 0 Å². The van der Waals surface area contributed by atoms with E-state index < -0.39 is 0 Å². The van der Waals surface area contributed by atoms with Gasteiger partial charge in [-0.25, -0.2) is 0 Å². The average Bonchev–Trinajstić information content (AvgIpc) is 2.00. The lowest BCUT2D eigenvalue weighted by Gasteiger charge is -2.21. The summed E-state index contributed by atoms with van der Waals surface area (Å²) in [5, 5.41) is 0. The first kappa shape index (κ1) is 10.7. The second-order valence-corrected chi connectivity index (χ2v) is 3.98. The molecule has 0 aromatic rings. The zero-order chi connectivity index (χ0) is 8.91. The minimum absolute atomic E-state index is 0.492. The number of hydrogen-bond donors (Lipinski definition) is 0. The van der Waals surface area contributed by atoms with Crippen molar-refractivity contribution >= 4 is 5.71 Å². The van der Waals surface area contributed by atoms with Gasteiger partial charge >= 0.3 is 0 Å². The molecule has 0 unspecified atom stereocenters. The fourth-order valence-corrected chi connectivity index (χ4v) is 0.808. The first-order valence-electron chi connectivity index (χ1n) is 4.44. The number of nitrogens with zero attached hydrogens (tertiary/aromatic N) is 1. The van der Waals surface area contributed by atoms with Crippen LogP contribution in [0.3, 0.4) is 0 Å². The average molecular weight is 155 g/mol. The van der Waals surface area contributed by atoms with Crippen molar-refractivity contribution in [2.75, 3.05) is 7.05 Å². The van der Waals surface area contributed by atoms with Crippen LogP contribution >= 0.6 is 0 Å². The second-order valence-electron chi connectivity index (χ2n) is 3.98. The SMILES string of the molecule is CCC(C)(C)CCC(C)=NC. The lowest BCUT2D eigenvalue weighted by molar-refractivity contribution is 0.328. The van der Waals surface area contributed by atoms with Gasteiger partial charge in [0.2, 0.25) is 0 Å². The van der Waals surface area contributed by atoms with Crippen LogP contribution in [0.4, 0.5) is 0 Å². The van der Waals surface area contributed by atoms with Crippen molar-refractivity contribution in [2.24, 2.45) is 10.4 Å². The molecule has 0 bridgehead atoms. The summed E-state index contributed by atoms with van der Waals surface area (Å²) < 4.78 is 0. The highest BCUT2D eigenvalue weighted by molar-refractivity contribution is 5.81. The van der Waals surface area contributed by atoms with Crippen LogP contribution < -0.4 is 0 Å². The molecule has 0 radical (unpaired) electrons. The molecular weight excluding hydrogens is 134 g/mol. The summed E-state index contributed by atoms with van der Waals surface area (Å²) >= 11 is 0. The Labute approximate surface area is 70.9 Å². The highest BCUT2D eigenvalue weighted by Gasteiger charge is 2.14. The molecule has 11 heavy (non-hydrogen) atoms. The van der Waals surface area contributed by atoms with E-state index in [0.29, 0.717) is 5.41 Å². The van der Waals surface area contributed by atoms with Gasteiger partial charge in [0.1, 0.15) is 0 Å². The summed E-state index contributed by atoms with van der Waals surface area (Å²) in [6.45, 7) is 8.98. The molecular formula is C10H21N. The van der Waals surface area contributed by atoms with Gasteiger partial charge in [0.05, 0.1) is 0 Å². The summed E-state index contributed by atoms with van der Waals surface area (Å²) in [6, 6.07) is 0. The molecule has 0 saturated carbocycles. The number of aliphatic imine (C=N–C) groups is 1. The Hall–Kier alpha value is -0.330. The zero-order valence-corrected chi connectivity index (χ0v) is 8.57. The van der Waals surface area contributed by atoms with Gasteiger partial charge < -0.3 is 0 Å². The van der Waals surface area contributed by atoms with Gasteiger partial charge in [0.25, 0.3) is 0 Å². The van der Waals surface area contributed by atoms with Crippen molar-refractivity contribution in [2.45, 2.75) is 47.0 Å². The smallest absolute Gasteiger partial charge is 0.0276 e. The first-order chi connectivity index (χ1) is 5.02. The maximum Gasteiger partial charge on any atom is 0.0276 e. The molecule has 0 fully saturated rings. The van der Waals surface area contributed by atoms with Gasteiger partial charge in [0, 0.05) is 12.8 Å². The maximum absolute atomic E-state index is 4.14. The van der Waals surface area contributed by atoms with Gasteiger partial charge in [-0.1, -0.05) is 27.2 Å². The Kier molecular flexibility index (Phi) is 4.39. The predicted octanol–water partition coefficient (Wildman–Crippen LogP) is 3.29. The van der Waals surface area contributed by atoms with Gasteiger partial charge in [0.15, 0.2) is 0 Å². The molecule has 1 nitrogen and oxygen atoms in total. The van der Waals surface area contributed by atoms with E-state index in [-0.39, 0.29) is 0 Å². The van der Waals surface area contributed by atoms with Crippen LogP contribution in [0.15, 0.2) is 4.99 Å². The van der Waals surface area contributed by atoms with E-state index in [9.17, 15) is 0 Å². The molecule has 66 valence electrons. The molecule has 0 amide bonds. The minimum atomic E-state index is 0.492. The number of hydrogen-bond acceptors (Lipinski definition) is 1. The summed E-state index contributed by atoms with van der Waals surface area (Å²) in [7, 11) is 1.87. The first-order valence-corrected chi connectivity index (χ1v) is 4.44. The third-order valence-electron chi connectivity index (χ3n) is 2.50. The molecule has 0 aliphatic rings. The molecule has 0 spiro atoms. The third kappa shape index (κ3) is 5.00. The van der Waals surface area contributed by atoms with Crippen LogP contribution in [0, 0.1) is 5.41 Å². The predicted molar refractivity (Wildman–Crippen MR) is 52.3 cm³/mol. The van der Waals surface area contributed by atoms with Gasteiger partial charge in [-0.2, -0.15) is 0 Å². The molecule has 0 aromatic carbocycles. The Bertz CT molecular complexity index is 134. The molecule has 0 saturated heterocycles. The zero-order valence-electron chi connectivity index (χ0n) is 8.57. The molecule has 0 rings (SSSR count). The fraction of sp³-hybridized carbons (Fsp3) is 0.900. The Morgan fingerprint density at radius 1 is 1.36 bits per heavy atom. The minimum Gasteiger partial charge on any atom is -0.298 e. The lowest BCUT2D eigenvalue weighted by atomic mass is 9.84. The van der Waals surface area contributed by atoms with E-state index >= 15 is 0 Å². The quantitative estimate of drug-likeness (QED) is 0.552. The Morgan fingerprint density at radius 2 is 1.91 bits per heavy atom. The van der Waals surface area contributed by atoms with Crippen LogP contribution in [0.5, 0.6) is 0 Å². The molecule has 0 N–H and O–H groups in total. The van der Waals surface area contributed by atoms with Crippen molar-refractivity contribution in [3.05, 3.63) is 0 Å². The third-order valence-corrected chi connectivity index (χ3v) is 2.50. The summed E-state index contributed by atoms with van der Waals surface area (Å²) in [6.07, 6.45) is 3.66. The van der Waals surface area contributed by atoms with Crippen LogP contribution in [-0.2, 0) is 0 Å². The van der Waals surface area contributed by atoms with Crippen molar-refractivity contribution < 1.29 is 0 Å². The molecule has 1 heteroatoms. The largest absolute Gasteiger partial charge is 0.298 e. The highest BCUT2D eigenvalue weighted by atomic mass is 14.7. The van der Waals surface area contributed by atoms with Crippen LogP contribution in [0.25, 0.3) is 0 Å². The van der Waals surface area contributed by atoms with Crippen LogP contribution in [0.1, 0.15) is 47.0 Å². The molecule has 0 heterocycles. The van der Waals surface area contributed by atoms with Crippen molar-refractivity contribution in [3.8, 4) is 0 Å². The molecule has 0 aliphatic carbocycles. The summed E-state index contributed by atoms with van der Waals surface area (Å²) in [5.41, 5.74) is 1.76. The van der Waals surface area contributed by atoms with Crippen LogP contribution in [-0.4, -0.2) is 12.8 Å². The van der Waals surface area contributed by atoms with Crippen LogP contribution in [0.2, 0.25) is 0 Å². The van der Waals surface area contributed by atoms with E-state index in [4.69, 9.17) is 0 Å². The summed E-state index contributed by atoms with van der Waals surface area (Å²) in [5.74, 6) is 0. The van der Waals surface area contributed by atoms with E-state index in [1.165, 1.54) is 18.6 Å². The number of rotatable bonds is 4. The standard InChI is InChI=1S/C10H21N/c1-6-10(3,4)8-7-9(2)11-5/h6-8H2,1-5H3. The normalized spacial score (nSPS) is 13.7. The maximum atomic E-state index is 4.14. The van der Waals surface area contributed by atoms with E-state index in [1.807, 2.05) is 7.05 Å². The Balaban J connectivity index is 3.70. The van der Waals surface area contributed by atoms with Gasteiger partial charge in [-0.05, 0) is 25.2 Å². The molecule has 0 aliphatic heterocycles. The molecule has 0 atom stereocenters. The topological polar surface area (TPSA) is 12.4 Å². The Morgan fingerprint density at radius 3 is 2.27 bits per heavy atom. The lowest BCUT2D eigenvalue weighted by Crippen LogP contribution is -2.11. The van der Waals surface area contributed by atoms with E-state index in [1.54, 1.807) is 0 Å². The monoisotopic (exact) mass is 155 g/mol. The van der Waals surface area contributed by atoms with Crippen molar-refractivity contribution in [1.29, 1.82) is 0 Å². The summed E-state index contributed by atoms with van der Waals surface area (Å²) in [4.78, 5) is 4.14. The fourth-order valence-electron chi connectivity index (χ4n) is 0.808. The van der Waals surface area contributed by atoms with Crippen molar-refractivity contribution in [1.82, 2.24) is 0 Å². The molecule has 0 aromatic heterocycles. The van der Waals surface area contributed by atoms with Gasteiger partial charge in [-0.3, -0.25) is 4.99 Å².